The van der Waals surface area contributed by atoms with Crippen LogP contribution in [0.5, 0.6) is 11.5 Å². The van der Waals surface area contributed by atoms with Gasteiger partial charge in [0, 0.05) is 31.5 Å². The number of ether oxygens (including phenoxy) is 2. The number of nitrogens with zero attached hydrogens (tertiary/aromatic N) is 1. The van der Waals surface area contributed by atoms with E-state index in [0.29, 0.717) is 11.3 Å². The van der Waals surface area contributed by atoms with Crippen molar-refractivity contribution in [2.45, 2.75) is 24.6 Å². The fourth-order valence-corrected chi connectivity index (χ4v) is 4.22. The van der Waals surface area contributed by atoms with Crippen molar-refractivity contribution in [1.29, 1.82) is 0 Å². The third-order valence-corrected chi connectivity index (χ3v) is 5.91. The quantitative estimate of drug-likeness (QED) is 0.545. The Kier molecular flexibility index (Phi) is 5.36. The number of halogens is 3. The standard InChI is InChI=1S/C23H20F3NO5/c1-31-19-7-6-14(12-16(19)23(24,25)26)21(30)27-10-8-22(9-11-27)17(13-28)20(29)15-4-2-3-5-18(15)32-22/h2-7,12-13,28H,8-11H2,1H3/b17-13-. The summed E-state index contributed by atoms with van der Waals surface area (Å²) in [5, 5.41) is 9.75. The highest BCUT2D eigenvalue weighted by molar-refractivity contribution is 6.12. The lowest BCUT2D eigenvalue weighted by atomic mass is 9.78. The molecule has 9 heteroatoms. The van der Waals surface area contributed by atoms with Crippen LogP contribution in [-0.4, -0.2) is 47.5 Å². The second-order valence-corrected chi connectivity index (χ2v) is 7.67. The second-order valence-electron chi connectivity index (χ2n) is 7.67. The van der Waals surface area contributed by atoms with Crippen molar-refractivity contribution in [3.05, 3.63) is 71.0 Å². The Bertz CT molecular complexity index is 1100. The van der Waals surface area contributed by atoms with E-state index in [4.69, 9.17) is 9.47 Å². The zero-order chi connectivity index (χ0) is 23.1. The number of para-hydroxylation sites is 1. The van der Waals surface area contributed by atoms with E-state index < -0.39 is 23.2 Å². The lowest BCUT2D eigenvalue weighted by Crippen LogP contribution is -2.53. The zero-order valence-electron chi connectivity index (χ0n) is 17.1. The van der Waals surface area contributed by atoms with Gasteiger partial charge in [0.1, 0.15) is 17.1 Å². The van der Waals surface area contributed by atoms with Gasteiger partial charge in [-0.3, -0.25) is 9.59 Å². The van der Waals surface area contributed by atoms with E-state index in [-0.39, 0.29) is 48.6 Å². The third-order valence-electron chi connectivity index (χ3n) is 5.91. The van der Waals surface area contributed by atoms with E-state index >= 15 is 0 Å². The molecule has 6 nitrogen and oxygen atoms in total. The molecule has 2 aliphatic heterocycles. The average Bonchev–Trinajstić information content (AvgIpc) is 2.78. The van der Waals surface area contributed by atoms with Gasteiger partial charge >= 0.3 is 6.18 Å². The normalized spacial score (nSPS) is 18.9. The summed E-state index contributed by atoms with van der Waals surface area (Å²) in [6.07, 6.45) is -3.52. The van der Waals surface area contributed by atoms with Crippen molar-refractivity contribution >= 4 is 11.7 Å². The Morgan fingerprint density at radius 3 is 2.50 bits per heavy atom. The summed E-state index contributed by atoms with van der Waals surface area (Å²) in [4.78, 5) is 27.2. The van der Waals surface area contributed by atoms with Crippen LogP contribution in [0.25, 0.3) is 0 Å². The molecule has 32 heavy (non-hydrogen) atoms. The Morgan fingerprint density at radius 1 is 1.19 bits per heavy atom. The van der Waals surface area contributed by atoms with Crippen molar-refractivity contribution in [3.63, 3.8) is 0 Å². The molecule has 0 unspecified atom stereocenters. The van der Waals surface area contributed by atoms with Gasteiger partial charge in [0.2, 0.25) is 0 Å². The van der Waals surface area contributed by atoms with Crippen LogP contribution in [0, 0.1) is 0 Å². The van der Waals surface area contributed by atoms with E-state index in [1.165, 1.54) is 11.0 Å². The highest BCUT2D eigenvalue weighted by Gasteiger charge is 2.48. The molecular formula is C23H20F3NO5. The molecule has 1 amide bonds. The van der Waals surface area contributed by atoms with Crippen molar-refractivity contribution < 1.29 is 37.3 Å². The molecule has 1 spiro atoms. The number of carbonyl (C=O) groups is 2. The van der Waals surface area contributed by atoms with Crippen LogP contribution in [-0.2, 0) is 6.18 Å². The van der Waals surface area contributed by atoms with E-state index in [9.17, 15) is 27.9 Å². The van der Waals surface area contributed by atoms with Gasteiger partial charge in [-0.05, 0) is 30.3 Å². The van der Waals surface area contributed by atoms with E-state index in [1.807, 2.05) is 0 Å². The third kappa shape index (κ3) is 3.57. The van der Waals surface area contributed by atoms with Gasteiger partial charge in [0.15, 0.2) is 5.78 Å². The summed E-state index contributed by atoms with van der Waals surface area (Å²) in [5.74, 6) is -0.880. The number of aliphatic hydroxyl groups is 1. The summed E-state index contributed by atoms with van der Waals surface area (Å²) in [6, 6.07) is 9.88. The monoisotopic (exact) mass is 447 g/mol. The molecule has 4 rings (SSSR count). The first-order valence-electron chi connectivity index (χ1n) is 9.92. The SMILES string of the molecule is COc1ccc(C(=O)N2CCC3(CC2)Oc2ccccc2C(=O)/C3=C/O)cc1C(F)(F)F. The largest absolute Gasteiger partial charge is 0.515 e. The van der Waals surface area contributed by atoms with Gasteiger partial charge in [-0.1, -0.05) is 12.1 Å². The van der Waals surface area contributed by atoms with Crippen molar-refractivity contribution in [1.82, 2.24) is 4.90 Å². The topological polar surface area (TPSA) is 76.1 Å². The van der Waals surface area contributed by atoms with Crippen LogP contribution in [0.4, 0.5) is 13.2 Å². The van der Waals surface area contributed by atoms with Gasteiger partial charge in [-0.2, -0.15) is 13.2 Å². The number of benzene rings is 2. The minimum atomic E-state index is -4.67. The van der Waals surface area contributed by atoms with Crippen LogP contribution in [0.2, 0.25) is 0 Å². The van der Waals surface area contributed by atoms with Crippen molar-refractivity contribution in [3.8, 4) is 11.5 Å². The fourth-order valence-electron chi connectivity index (χ4n) is 4.22. The number of methoxy groups -OCH3 is 1. The number of carbonyl (C=O) groups excluding carboxylic acids is 2. The fraction of sp³-hybridized carbons (Fsp3) is 0.304. The highest BCUT2D eigenvalue weighted by atomic mass is 19.4. The summed E-state index contributed by atoms with van der Waals surface area (Å²) < 4.78 is 50.8. The molecule has 1 N–H and O–H groups in total. The molecule has 1 saturated heterocycles. The van der Waals surface area contributed by atoms with Crippen LogP contribution >= 0.6 is 0 Å². The van der Waals surface area contributed by atoms with Crippen LogP contribution in [0.15, 0.2) is 54.3 Å². The average molecular weight is 447 g/mol. The number of alkyl halides is 3. The zero-order valence-corrected chi connectivity index (χ0v) is 17.1. The Labute approximate surface area is 181 Å². The van der Waals surface area contributed by atoms with Crippen molar-refractivity contribution in [2.75, 3.05) is 20.2 Å². The minimum absolute atomic E-state index is 0.104. The first-order valence-corrected chi connectivity index (χ1v) is 9.92. The number of hydrogen-bond acceptors (Lipinski definition) is 5. The molecule has 2 aliphatic rings. The van der Waals surface area contributed by atoms with Crippen LogP contribution < -0.4 is 9.47 Å². The number of ketones is 1. The number of piperidine rings is 1. The number of aliphatic hydroxyl groups excluding tert-OH is 1. The molecule has 0 radical (unpaired) electrons. The van der Waals surface area contributed by atoms with Crippen molar-refractivity contribution in [2.24, 2.45) is 0 Å². The molecule has 2 aromatic carbocycles. The van der Waals surface area contributed by atoms with E-state index in [2.05, 4.69) is 0 Å². The molecule has 0 saturated carbocycles. The summed E-state index contributed by atoms with van der Waals surface area (Å²) in [7, 11) is 1.13. The maximum atomic E-state index is 13.3. The summed E-state index contributed by atoms with van der Waals surface area (Å²) in [5.41, 5.74) is -1.80. The number of Topliss-reactive ketones (excluding diaryl/α,β-unsaturated/α-hetero) is 1. The number of likely N-dealkylation sites (tertiary alicyclic amines) is 1. The molecule has 0 bridgehead atoms. The summed E-state index contributed by atoms with van der Waals surface area (Å²) in [6.45, 7) is 0.276. The summed E-state index contributed by atoms with van der Waals surface area (Å²) >= 11 is 0. The maximum absolute atomic E-state index is 13.3. The number of rotatable bonds is 2. The first-order chi connectivity index (χ1) is 15.2. The Morgan fingerprint density at radius 2 is 1.88 bits per heavy atom. The number of amides is 1. The van der Waals surface area contributed by atoms with Crippen LogP contribution in [0.1, 0.15) is 39.1 Å². The smallest absolute Gasteiger partial charge is 0.419 e. The minimum Gasteiger partial charge on any atom is -0.515 e. The molecule has 2 aromatic rings. The number of fused-ring (bicyclic) bond motifs is 1. The molecule has 0 aromatic heterocycles. The van der Waals surface area contributed by atoms with Gasteiger partial charge < -0.3 is 19.5 Å². The predicted octanol–water partition coefficient (Wildman–Crippen LogP) is 4.41. The Hall–Kier alpha value is -3.49. The van der Waals surface area contributed by atoms with E-state index in [1.54, 1.807) is 24.3 Å². The molecule has 0 aliphatic carbocycles. The van der Waals surface area contributed by atoms with Gasteiger partial charge in [0.25, 0.3) is 5.91 Å². The lowest BCUT2D eigenvalue weighted by Gasteiger charge is -2.44. The maximum Gasteiger partial charge on any atom is 0.419 e. The van der Waals surface area contributed by atoms with Gasteiger partial charge in [-0.25, -0.2) is 0 Å². The lowest BCUT2D eigenvalue weighted by molar-refractivity contribution is -0.138. The molecular weight excluding hydrogens is 427 g/mol. The molecule has 1 fully saturated rings. The Balaban J connectivity index is 1.57. The van der Waals surface area contributed by atoms with E-state index in [0.717, 1.165) is 25.5 Å². The van der Waals surface area contributed by atoms with Gasteiger partial charge in [0.05, 0.1) is 30.1 Å². The number of hydrogen-bond donors (Lipinski definition) is 1. The van der Waals surface area contributed by atoms with Crippen LogP contribution in [0.3, 0.4) is 0 Å². The molecule has 168 valence electrons. The molecule has 0 atom stereocenters. The predicted molar refractivity (Wildman–Crippen MR) is 108 cm³/mol. The highest BCUT2D eigenvalue weighted by Crippen LogP contribution is 2.43. The van der Waals surface area contributed by atoms with Gasteiger partial charge in [-0.15, -0.1) is 0 Å². The second kappa shape index (κ2) is 7.89. The molecule has 2 heterocycles. The first kappa shape index (κ1) is 21.7.